The number of hydrogen-bond donors (Lipinski definition) is 1. The smallest absolute Gasteiger partial charge is 0.227 e. The molecule has 2 aromatic carbocycles. The Bertz CT molecular complexity index is 778. The van der Waals surface area contributed by atoms with Gasteiger partial charge in [0.25, 0.3) is 0 Å². The van der Waals surface area contributed by atoms with Crippen molar-refractivity contribution in [1.82, 2.24) is 5.32 Å². The lowest BCUT2D eigenvalue weighted by Gasteiger charge is -2.15. The van der Waals surface area contributed by atoms with Crippen molar-refractivity contribution in [1.29, 1.82) is 0 Å². The maximum absolute atomic E-state index is 12.8. The lowest BCUT2D eigenvalue weighted by Crippen LogP contribution is -2.26. The molecule has 0 unspecified atom stereocenters. The second kappa shape index (κ2) is 9.55. The second-order valence-electron chi connectivity index (χ2n) is 6.50. The molecule has 0 bridgehead atoms. The molecule has 27 heavy (non-hydrogen) atoms. The molecule has 1 aliphatic heterocycles. The van der Waals surface area contributed by atoms with Crippen LogP contribution in [0.4, 0.5) is 10.1 Å². The van der Waals surface area contributed by atoms with Gasteiger partial charge in [-0.2, -0.15) is 0 Å². The normalized spacial score (nSPS) is 13.8. The fourth-order valence-electron chi connectivity index (χ4n) is 2.98. The van der Waals surface area contributed by atoms with Gasteiger partial charge in [-0.3, -0.25) is 9.59 Å². The van der Waals surface area contributed by atoms with E-state index in [0.717, 1.165) is 41.3 Å². The lowest BCUT2D eigenvalue weighted by atomic mass is 10.1. The van der Waals surface area contributed by atoms with E-state index in [-0.39, 0.29) is 17.6 Å². The number of rotatable bonds is 8. The van der Waals surface area contributed by atoms with Crippen LogP contribution in [0, 0.1) is 5.82 Å². The zero-order chi connectivity index (χ0) is 19.1. The van der Waals surface area contributed by atoms with Crippen molar-refractivity contribution in [2.24, 2.45) is 0 Å². The van der Waals surface area contributed by atoms with Crippen molar-refractivity contribution in [3.8, 4) is 0 Å². The summed E-state index contributed by atoms with van der Waals surface area (Å²) >= 11 is 1.65. The number of nitrogens with one attached hydrogen (secondary N) is 1. The number of nitrogens with zero attached hydrogens (tertiary/aromatic N) is 1. The molecule has 4 nitrogen and oxygen atoms in total. The SMILES string of the molecule is O=C(Cc1ccc(N2CCCC2=O)cc1)NCCCSc1ccc(F)cc1. The number of thioether (sulfide) groups is 1. The zero-order valence-electron chi connectivity index (χ0n) is 15.1. The summed E-state index contributed by atoms with van der Waals surface area (Å²) in [5, 5.41) is 2.93. The lowest BCUT2D eigenvalue weighted by molar-refractivity contribution is -0.120. The molecular formula is C21H23FN2O2S. The van der Waals surface area contributed by atoms with Crippen molar-refractivity contribution in [3.63, 3.8) is 0 Å². The van der Waals surface area contributed by atoms with Crippen LogP contribution in [0.2, 0.25) is 0 Å². The first-order chi connectivity index (χ1) is 13.1. The minimum atomic E-state index is -0.230. The molecule has 0 atom stereocenters. The first kappa shape index (κ1) is 19.4. The van der Waals surface area contributed by atoms with Crippen molar-refractivity contribution in [2.45, 2.75) is 30.6 Å². The molecule has 2 amide bonds. The highest BCUT2D eigenvalue weighted by atomic mass is 32.2. The number of hydrogen-bond acceptors (Lipinski definition) is 3. The average molecular weight is 386 g/mol. The van der Waals surface area contributed by atoms with Crippen LogP contribution in [0.15, 0.2) is 53.4 Å². The molecule has 0 spiro atoms. The van der Waals surface area contributed by atoms with Gasteiger partial charge >= 0.3 is 0 Å². The third kappa shape index (κ3) is 5.82. The number of carbonyl (C=O) groups excluding carboxylic acids is 2. The fraction of sp³-hybridized carbons (Fsp3) is 0.333. The predicted molar refractivity (Wildman–Crippen MR) is 106 cm³/mol. The van der Waals surface area contributed by atoms with E-state index in [1.54, 1.807) is 28.8 Å². The molecule has 1 heterocycles. The van der Waals surface area contributed by atoms with Crippen LogP contribution in [-0.2, 0) is 16.0 Å². The van der Waals surface area contributed by atoms with Crippen LogP contribution >= 0.6 is 11.8 Å². The third-order valence-electron chi connectivity index (χ3n) is 4.41. The van der Waals surface area contributed by atoms with Crippen LogP contribution in [0.25, 0.3) is 0 Å². The quantitative estimate of drug-likeness (QED) is 0.555. The number of benzene rings is 2. The third-order valence-corrected chi connectivity index (χ3v) is 5.51. The molecule has 1 saturated heterocycles. The Hall–Kier alpha value is -2.34. The Morgan fingerprint density at radius 3 is 2.52 bits per heavy atom. The fourth-order valence-corrected chi connectivity index (χ4v) is 3.84. The van der Waals surface area contributed by atoms with Gasteiger partial charge in [-0.25, -0.2) is 4.39 Å². The Morgan fingerprint density at radius 2 is 1.85 bits per heavy atom. The van der Waals surface area contributed by atoms with Crippen LogP contribution in [0.1, 0.15) is 24.8 Å². The minimum Gasteiger partial charge on any atom is -0.356 e. The van der Waals surface area contributed by atoms with Gasteiger partial charge in [-0.15, -0.1) is 11.8 Å². The van der Waals surface area contributed by atoms with Gasteiger partial charge in [-0.05, 0) is 60.6 Å². The number of carbonyl (C=O) groups is 2. The maximum atomic E-state index is 12.8. The molecule has 2 aromatic rings. The van der Waals surface area contributed by atoms with Gasteiger partial charge in [0.05, 0.1) is 6.42 Å². The summed E-state index contributed by atoms with van der Waals surface area (Å²) in [6, 6.07) is 14.1. The molecule has 0 aromatic heterocycles. The predicted octanol–water partition coefficient (Wildman–Crippen LogP) is 3.79. The topological polar surface area (TPSA) is 49.4 Å². The molecule has 6 heteroatoms. The summed E-state index contributed by atoms with van der Waals surface area (Å²) in [4.78, 5) is 26.6. The van der Waals surface area contributed by atoms with Gasteiger partial charge in [0.1, 0.15) is 5.82 Å². The second-order valence-corrected chi connectivity index (χ2v) is 7.67. The Kier molecular flexibility index (Phi) is 6.87. The molecule has 1 N–H and O–H groups in total. The van der Waals surface area contributed by atoms with Gasteiger partial charge < -0.3 is 10.2 Å². The van der Waals surface area contributed by atoms with Gasteiger partial charge in [-0.1, -0.05) is 12.1 Å². The van der Waals surface area contributed by atoms with Gasteiger partial charge in [0.15, 0.2) is 0 Å². The molecular weight excluding hydrogens is 363 g/mol. The van der Waals surface area contributed by atoms with Crippen molar-refractivity contribution in [3.05, 3.63) is 59.9 Å². The largest absolute Gasteiger partial charge is 0.356 e. The van der Waals surface area contributed by atoms with E-state index in [9.17, 15) is 14.0 Å². The van der Waals surface area contributed by atoms with Crippen LogP contribution in [-0.4, -0.2) is 30.7 Å². The molecule has 3 rings (SSSR count). The molecule has 1 fully saturated rings. The summed E-state index contributed by atoms with van der Waals surface area (Å²) in [6.07, 6.45) is 2.70. The first-order valence-electron chi connectivity index (χ1n) is 9.16. The Morgan fingerprint density at radius 1 is 1.11 bits per heavy atom. The average Bonchev–Trinajstić information content (AvgIpc) is 3.09. The molecule has 1 aliphatic rings. The van der Waals surface area contributed by atoms with E-state index in [1.807, 2.05) is 24.3 Å². The van der Waals surface area contributed by atoms with E-state index in [4.69, 9.17) is 0 Å². The van der Waals surface area contributed by atoms with E-state index >= 15 is 0 Å². The van der Waals surface area contributed by atoms with Crippen molar-refractivity contribution >= 4 is 29.3 Å². The molecule has 0 saturated carbocycles. The summed E-state index contributed by atoms with van der Waals surface area (Å²) < 4.78 is 12.8. The minimum absolute atomic E-state index is 0.00761. The summed E-state index contributed by atoms with van der Waals surface area (Å²) in [5.41, 5.74) is 1.84. The maximum Gasteiger partial charge on any atom is 0.227 e. The number of halogens is 1. The highest BCUT2D eigenvalue weighted by Gasteiger charge is 2.21. The monoisotopic (exact) mass is 386 g/mol. The van der Waals surface area contributed by atoms with Crippen molar-refractivity contribution < 1.29 is 14.0 Å². The van der Waals surface area contributed by atoms with E-state index < -0.39 is 0 Å². The van der Waals surface area contributed by atoms with Crippen LogP contribution in [0.3, 0.4) is 0 Å². The Labute approximate surface area is 163 Å². The molecule has 142 valence electrons. The summed E-state index contributed by atoms with van der Waals surface area (Å²) in [6.45, 7) is 1.39. The summed E-state index contributed by atoms with van der Waals surface area (Å²) in [5.74, 6) is 0.794. The molecule has 0 aliphatic carbocycles. The highest BCUT2D eigenvalue weighted by molar-refractivity contribution is 7.99. The van der Waals surface area contributed by atoms with Gasteiger partial charge in [0.2, 0.25) is 11.8 Å². The first-order valence-corrected chi connectivity index (χ1v) is 10.1. The highest BCUT2D eigenvalue weighted by Crippen LogP contribution is 2.22. The van der Waals surface area contributed by atoms with Gasteiger partial charge in [0, 0.05) is 30.1 Å². The standard InChI is InChI=1S/C21H23FN2O2S/c22-17-6-10-19(11-7-17)27-14-2-12-23-20(25)15-16-4-8-18(9-5-16)24-13-1-3-21(24)26/h4-11H,1-3,12-15H2,(H,23,25). The van der Waals surface area contributed by atoms with Crippen molar-refractivity contribution in [2.75, 3.05) is 23.7 Å². The number of anilines is 1. The van der Waals surface area contributed by atoms with E-state index in [2.05, 4.69) is 5.32 Å². The zero-order valence-corrected chi connectivity index (χ0v) is 15.9. The van der Waals surface area contributed by atoms with E-state index in [1.165, 1.54) is 12.1 Å². The number of amides is 2. The van der Waals surface area contributed by atoms with Crippen LogP contribution in [0.5, 0.6) is 0 Å². The Balaban J connectivity index is 1.35. The summed E-state index contributed by atoms with van der Waals surface area (Å²) in [7, 11) is 0. The van der Waals surface area contributed by atoms with Crippen LogP contribution < -0.4 is 10.2 Å². The molecule has 0 radical (unpaired) electrons. The van der Waals surface area contributed by atoms with E-state index in [0.29, 0.717) is 19.4 Å².